The van der Waals surface area contributed by atoms with E-state index in [-0.39, 0.29) is 35.3 Å². The molecule has 28 heteroatoms. The number of aliphatic imine (C=N–C) groups is 3. The zero-order chi connectivity index (χ0) is 44.7. The van der Waals surface area contributed by atoms with Gasteiger partial charge in [0.2, 0.25) is 0 Å². The monoisotopic (exact) mass is 889 g/mol. The molecule has 0 aliphatic heterocycles. The van der Waals surface area contributed by atoms with E-state index in [4.69, 9.17) is 0 Å². The molecule has 3 aromatic heterocycles. The van der Waals surface area contributed by atoms with Gasteiger partial charge in [0.25, 0.3) is 0 Å². The number of carbonyl (C=O) groups excluding carboxylic acids is 3. The van der Waals surface area contributed by atoms with Gasteiger partial charge in [-0.2, -0.15) is 0 Å². The van der Waals surface area contributed by atoms with Crippen LogP contribution < -0.4 is 0 Å². The average molecular weight is 889 g/mol. The standard InChI is InChI=1S/3C10H12N2O2.3BF4.Cr/c3*1-3-11-7-9-5-4-8(6-12-9)10(13)14-2;3*2-1(3,4)5;/h3*4-7H,3H2,1-2H3;;;;/q;;;3*-1;+3. The number of nitrogens with zero attached hydrogens (tertiary/aromatic N) is 6. The summed E-state index contributed by atoms with van der Waals surface area (Å²) in [4.78, 5) is 57.3. The van der Waals surface area contributed by atoms with Crippen LogP contribution in [0, 0.1) is 0 Å². The minimum atomic E-state index is -6.00. The van der Waals surface area contributed by atoms with Gasteiger partial charge >= 0.3 is 57.0 Å². The molecule has 0 fully saturated rings. The maximum atomic E-state index is 11.0. The number of aromatic nitrogens is 3. The Morgan fingerprint density at radius 1 is 0.483 bits per heavy atom. The number of methoxy groups -OCH3 is 3. The van der Waals surface area contributed by atoms with Crippen molar-refractivity contribution >= 4 is 58.3 Å². The van der Waals surface area contributed by atoms with E-state index in [2.05, 4.69) is 44.1 Å². The van der Waals surface area contributed by atoms with Gasteiger partial charge in [0, 0.05) is 56.9 Å². The molecule has 0 saturated carbocycles. The first-order chi connectivity index (χ1) is 26.3. The van der Waals surface area contributed by atoms with Crippen molar-refractivity contribution < 1.29 is 97.7 Å². The molecule has 321 valence electrons. The molecule has 1 radical (unpaired) electrons. The molecule has 3 rings (SSSR count). The second kappa shape index (κ2) is 32.8. The van der Waals surface area contributed by atoms with Crippen LogP contribution in [0.5, 0.6) is 0 Å². The van der Waals surface area contributed by atoms with E-state index in [0.29, 0.717) is 16.7 Å². The van der Waals surface area contributed by atoms with Gasteiger partial charge < -0.3 is 66.0 Å². The van der Waals surface area contributed by atoms with Crippen molar-refractivity contribution in [1.82, 2.24) is 15.0 Å². The van der Waals surface area contributed by atoms with Crippen LogP contribution >= 0.6 is 0 Å². The van der Waals surface area contributed by atoms with E-state index >= 15 is 0 Å². The summed E-state index contributed by atoms with van der Waals surface area (Å²) >= 11 is 0. The van der Waals surface area contributed by atoms with Crippen LogP contribution in [0.3, 0.4) is 0 Å². The van der Waals surface area contributed by atoms with E-state index < -0.39 is 21.8 Å². The largest absolute Gasteiger partial charge is 3.00 e. The van der Waals surface area contributed by atoms with Crippen LogP contribution in [0.25, 0.3) is 0 Å². The van der Waals surface area contributed by atoms with E-state index in [1.807, 2.05) is 20.8 Å². The molecular weight excluding hydrogens is 853 g/mol. The molecule has 0 bridgehead atoms. The Labute approximate surface area is 336 Å². The van der Waals surface area contributed by atoms with Gasteiger partial charge in [-0.1, -0.05) is 0 Å². The zero-order valence-electron chi connectivity index (χ0n) is 31.4. The molecule has 0 atom stereocenters. The van der Waals surface area contributed by atoms with Crippen LogP contribution in [0.15, 0.2) is 70.0 Å². The number of esters is 3. The first-order valence-electron chi connectivity index (χ1n) is 15.6. The average Bonchev–Trinajstić information content (AvgIpc) is 3.13. The fraction of sp³-hybridized carbons (Fsp3) is 0.300. The Hall–Kier alpha value is -5.24. The second-order valence-corrected chi connectivity index (χ2v) is 9.26. The molecule has 0 unspecified atom stereocenters. The van der Waals surface area contributed by atoms with Crippen molar-refractivity contribution in [3.63, 3.8) is 0 Å². The first-order valence-corrected chi connectivity index (χ1v) is 15.6. The van der Waals surface area contributed by atoms with Crippen LogP contribution in [-0.4, -0.2) is 114 Å². The normalized spacial score (nSPS) is 10.7. The third kappa shape index (κ3) is 41.9. The summed E-state index contributed by atoms with van der Waals surface area (Å²) in [7, 11) is -14.0. The summed E-state index contributed by atoms with van der Waals surface area (Å²) in [5.41, 5.74) is 3.54. The number of pyridine rings is 3. The molecule has 3 aromatic rings. The predicted octanol–water partition coefficient (Wildman–Crippen LogP) is 7.82. The SMILES string of the molecule is CCN=Cc1ccc(C(=O)OC)cn1.CCN=Cc1ccc(C(=O)OC)cn1.CCN=Cc1ccc(C(=O)OC)cn1.F[B-](F)(F)F.F[B-](F)(F)F.F[B-](F)(F)F.[Cr+3]. The molecule has 0 aliphatic rings. The molecule has 0 amide bonds. The van der Waals surface area contributed by atoms with Crippen LogP contribution in [0.1, 0.15) is 68.9 Å². The molecule has 12 nitrogen and oxygen atoms in total. The Bertz CT molecular complexity index is 1440. The van der Waals surface area contributed by atoms with Crippen molar-refractivity contribution in [3.8, 4) is 0 Å². The third-order valence-corrected chi connectivity index (χ3v) is 4.84. The summed E-state index contributed by atoms with van der Waals surface area (Å²) in [6, 6.07) is 10.2. The fourth-order valence-corrected chi connectivity index (χ4v) is 2.72. The quantitative estimate of drug-likeness (QED) is 0.0688. The van der Waals surface area contributed by atoms with Gasteiger partial charge in [-0.25, -0.2) is 14.4 Å². The van der Waals surface area contributed by atoms with Crippen LogP contribution in [0.2, 0.25) is 0 Å². The summed E-state index contributed by atoms with van der Waals surface area (Å²) in [5.74, 6) is -1.13. The smallest absolute Gasteiger partial charge is 0.465 e. The van der Waals surface area contributed by atoms with Crippen molar-refractivity contribution in [1.29, 1.82) is 0 Å². The fourth-order valence-electron chi connectivity index (χ4n) is 2.72. The summed E-state index contributed by atoms with van der Waals surface area (Å²) in [5, 5.41) is 0. The van der Waals surface area contributed by atoms with Crippen molar-refractivity contribution in [2.24, 2.45) is 15.0 Å². The molecular formula is C30H36B3CrF12N6O6. The number of rotatable bonds is 9. The maximum Gasteiger partial charge on any atom is 3.00 e. The molecule has 0 N–H and O–H groups in total. The van der Waals surface area contributed by atoms with Gasteiger partial charge in [0.05, 0.1) is 55.1 Å². The van der Waals surface area contributed by atoms with Gasteiger partial charge in [-0.15, -0.1) is 0 Å². The van der Waals surface area contributed by atoms with E-state index in [1.54, 1.807) is 55.0 Å². The van der Waals surface area contributed by atoms with E-state index in [1.165, 1.54) is 39.9 Å². The Morgan fingerprint density at radius 2 is 0.672 bits per heavy atom. The van der Waals surface area contributed by atoms with Crippen LogP contribution in [-0.2, 0) is 31.6 Å². The summed E-state index contributed by atoms with van der Waals surface area (Å²) in [6.07, 6.45) is 9.43. The van der Waals surface area contributed by atoms with E-state index in [9.17, 15) is 66.2 Å². The van der Waals surface area contributed by atoms with Crippen molar-refractivity contribution in [2.45, 2.75) is 20.8 Å². The number of hydrogen-bond donors (Lipinski definition) is 0. The Kier molecular flexibility index (Phi) is 33.6. The minimum Gasteiger partial charge on any atom is -0.465 e. The predicted molar refractivity (Wildman–Crippen MR) is 192 cm³/mol. The molecule has 0 aliphatic carbocycles. The number of carbonyl (C=O) groups is 3. The first kappa shape index (κ1) is 59.4. The Balaban J connectivity index is -0.000000319. The molecule has 58 heavy (non-hydrogen) atoms. The number of ether oxygens (including phenoxy) is 3. The van der Waals surface area contributed by atoms with Gasteiger partial charge in [-0.3, -0.25) is 29.9 Å². The second-order valence-electron chi connectivity index (χ2n) is 9.26. The molecule has 3 heterocycles. The van der Waals surface area contributed by atoms with Gasteiger partial charge in [-0.05, 0) is 57.2 Å². The van der Waals surface area contributed by atoms with Gasteiger partial charge in [0.1, 0.15) is 0 Å². The minimum absolute atomic E-state index is 0. The molecule has 0 aromatic carbocycles. The van der Waals surface area contributed by atoms with Crippen molar-refractivity contribution in [2.75, 3.05) is 41.0 Å². The number of hydrogen-bond acceptors (Lipinski definition) is 12. The number of halogens is 12. The topological polar surface area (TPSA) is 155 Å². The van der Waals surface area contributed by atoms with Crippen LogP contribution in [0.4, 0.5) is 51.8 Å². The Morgan fingerprint density at radius 3 is 0.793 bits per heavy atom. The zero-order valence-corrected chi connectivity index (χ0v) is 32.6. The molecule has 0 spiro atoms. The summed E-state index contributed by atoms with van der Waals surface area (Å²) in [6.45, 7) is 8.00. The van der Waals surface area contributed by atoms with Crippen molar-refractivity contribution in [3.05, 3.63) is 88.8 Å². The summed E-state index contributed by atoms with van der Waals surface area (Å²) < 4.78 is 131. The third-order valence-electron chi connectivity index (χ3n) is 4.84. The molecule has 0 saturated heterocycles. The van der Waals surface area contributed by atoms with Gasteiger partial charge in [0.15, 0.2) is 0 Å². The van der Waals surface area contributed by atoms with E-state index in [0.717, 1.165) is 36.7 Å². The maximum absolute atomic E-state index is 11.0.